The topological polar surface area (TPSA) is 84.0 Å². The summed E-state index contributed by atoms with van der Waals surface area (Å²) in [5, 5.41) is 8.85. The molecule has 0 aromatic heterocycles. The van der Waals surface area contributed by atoms with Gasteiger partial charge in [-0.15, -0.1) is 0 Å². The van der Waals surface area contributed by atoms with Gasteiger partial charge in [0.05, 0.1) is 26.3 Å². The summed E-state index contributed by atoms with van der Waals surface area (Å²) in [5.41, 5.74) is 0.0728. The minimum atomic E-state index is -4.44. The normalized spacial score (nSPS) is 11.6. The lowest BCUT2D eigenvalue weighted by Crippen LogP contribution is -2.32. The zero-order chi connectivity index (χ0) is 22.9. The van der Waals surface area contributed by atoms with Gasteiger partial charge in [-0.05, 0) is 43.3 Å². The number of hydrogen-bond acceptors (Lipinski definition) is 4. The summed E-state index contributed by atoms with van der Waals surface area (Å²) < 4.78 is 48.3. The lowest BCUT2D eigenvalue weighted by Gasteiger charge is -2.14. The van der Waals surface area contributed by atoms with Gasteiger partial charge in [0.15, 0.2) is 17.5 Å². The maximum atomic E-state index is 12.6. The molecule has 0 saturated carbocycles. The van der Waals surface area contributed by atoms with E-state index in [0.717, 1.165) is 30.0 Å². The van der Waals surface area contributed by atoms with Crippen molar-refractivity contribution in [2.75, 3.05) is 39.2 Å². The first-order chi connectivity index (χ1) is 14.8. The summed E-state index contributed by atoms with van der Waals surface area (Å²) in [4.78, 5) is 16.5. The number of nitrogens with zero attached hydrogens (tertiary/aromatic N) is 1. The molecule has 0 radical (unpaired) electrons. The second kappa shape index (κ2) is 11.1. The Morgan fingerprint density at radius 1 is 1.00 bits per heavy atom. The Morgan fingerprint density at radius 3 is 2.26 bits per heavy atom. The van der Waals surface area contributed by atoms with Crippen molar-refractivity contribution in [3.63, 3.8) is 0 Å². The van der Waals surface area contributed by atoms with Crippen molar-refractivity contribution in [2.45, 2.75) is 13.1 Å². The van der Waals surface area contributed by atoms with E-state index < -0.39 is 17.6 Å². The van der Waals surface area contributed by atoms with Crippen LogP contribution in [0.4, 0.5) is 18.9 Å². The van der Waals surface area contributed by atoms with E-state index >= 15 is 0 Å². The fourth-order valence-corrected chi connectivity index (χ4v) is 2.61. The summed E-state index contributed by atoms with van der Waals surface area (Å²) in [6.07, 6.45) is -4.44. The standard InChI is InChI=1S/C21H25F3N4O3/c1-4-25-20(28-16-9-10-17(30-2)18(13-16)31-3)27-12-11-26-19(29)14-5-7-15(8-6-14)21(22,23)24/h5-10,13H,4,11-12H2,1-3H3,(H,26,29)(H2,25,27,28). The van der Waals surface area contributed by atoms with Crippen LogP contribution in [0.1, 0.15) is 22.8 Å². The lowest BCUT2D eigenvalue weighted by atomic mass is 10.1. The largest absolute Gasteiger partial charge is 0.493 e. The van der Waals surface area contributed by atoms with E-state index in [9.17, 15) is 18.0 Å². The Balaban J connectivity index is 1.93. The maximum absolute atomic E-state index is 12.6. The van der Waals surface area contributed by atoms with Gasteiger partial charge in [-0.1, -0.05) is 0 Å². The molecule has 2 aromatic rings. The summed E-state index contributed by atoms with van der Waals surface area (Å²) in [7, 11) is 3.09. The molecule has 0 fully saturated rings. The highest BCUT2D eigenvalue weighted by Crippen LogP contribution is 2.30. The van der Waals surface area contributed by atoms with Crippen molar-refractivity contribution in [3.05, 3.63) is 53.6 Å². The van der Waals surface area contributed by atoms with Gasteiger partial charge < -0.3 is 25.4 Å². The molecule has 0 spiro atoms. The minimum Gasteiger partial charge on any atom is -0.493 e. The highest BCUT2D eigenvalue weighted by atomic mass is 19.4. The van der Waals surface area contributed by atoms with Gasteiger partial charge in [-0.2, -0.15) is 13.2 Å². The second-order valence-electron chi connectivity index (χ2n) is 6.29. The second-order valence-corrected chi connectivity index (χ2v) is 6.29. The Kier molecular flexibility index (Phi) is 8.53. The molecule has 7 nitrogen and oxygen atoms in total. The quantitative estimate of drug-likeness (QED) is 0.334. The number of aliphatic imine (C=N–C) groups is 1. The number of hydrogen-bond donors (Lipinski definition) is 3. The Bertz CT molecular complexity index is 900. The number of carbonyl (C=O) groups is 1. The van der Waals surface area contributed by atoms with Crippen LogP contribution in [-0.2, 0) is 6.18 Å². The molecule has 168 valence electrons. The summed E-state index contributed by atoms with van der Waals surface area (Å²) in [6, 6.07) is 9.37. The van der Waals surface area contributed by atoms with Crippen LogP contribution < -0.4 is 25.4 Å². The number of anilines is 1. The number of alkyl halides is 3. The predicted molar refractivity (Wildman–Crippen MR) is 113 cm³/mol. The van der Waals surface area contributed by atoms with E-state index in [4.69, 9.17) is 9.47 Å². The van der Waals surface area contributed by atoms with Gasteiger partial charge in [0.2, 0.25) is 0 Å². The molecular weight excluding hydrogens is 413 g/mol. The number of benzene rings is 2. The van der Waals surface area contributed by atoms with Crippen LogP contribution in [0.3, 0.4) is 0 Å². The van der Waals surface area contributed by atoms with Crippen LogP contribution in [-0.4, -0.2) is 45.7 Å². The van der Waals surface area contributed by atoms with Crippen LogP contribution in [0.25, 0.3) is 0 Å². The number of guanidine groups is 1. The van der Waals surface area contributed by atoms with Gasteiger partial charge in [-0.25, -0.2) is 0 Å². The molecule has 1 amide bonds. The first-order valence-corrected chi connectivity index (χ1v) is 9.51. The predicted octanol–water partition coefficient (Wildman–Crippen LogP) is 3.53. The zero-order valence-electron chi connectivity index (χ0n) is 17.5. The van der Waals surface area contributed by atoms with E-state index in [-0.39, 0.29) is 18.7 Å². The van der Waals surface area contributed by atoms with Crippen LogP contribution in [0.15, 0.2) is 47.5 Å². The van der Waals surface area contributed by atoms with Gasteiger partial charge in [0.25, 0.3) is 5.91 Å². The van der Waals surface area contributed by atoms with Crippen LogP contribution in [0, 0.1) is 0 Å². The minimum absolute atomic E-state index is 0.146. The average Bonchev–Trinajstić information content (AvgIpc) is 2.76. The van der Waals surface area contributed by atoms with Crippen molar-refractivity contribution in [1.82, 2.24) is 10.6 Å². The number of rotatable bonds is 8. The number of ether oxygens (including phenoxy) is 2. The van der Waals surface area contributed by atoms with E-state index in [1.807, 2.05) is 6.92 Å². The summed E-state index contributed by atoms with van der Waals surface area (Å²) >= 11 is 0. The number of halogens is 3. The van der Waals surface area contributed by atoms with E-state index in [1.54, 1.807) is 32.4 Å². The molecule has 3 N–H and O–H groups in total. The fourth-order valence-electron chi connectivity index (χ4n) is 2.61. The number of amides is 1. The Hall–Kier alpha value is -3.43. The van der Waals surface area contributed by atoms with Gasteiger partial charge in [0.1, 0.15) is 0 Å². The first-order valence-electron chi connectivity index (χ1n) is 9.51. The molecule has 0 heterocycles. The molecule has 0 aliphatic heterocycles. The number of methoxy groups -OCH3 is 2. The molecule has 2 aromatic carbocycles. The van der Waals surface area contributed by atoms with Gasteiger partial charge in [-0.3, -0.25) is 9.79 Å². The highest BCUT2D eigenvalue weighted by Gasteiger charge is 2.30. The van der Waals surface area contributed by atoms with Gasteiger partial charge >= 0.3 is 6.18 Å². The lowest BCUT2D eigenvalue weighted by molar-refractivity contribution is -0.137. The third kappa shape index (κ3) is 7.09. The van der Waals surface area contributed by atoms with Crippen molar-refractivity contribution in [1.29, 1.82) is 0 Å². The van der Waals surface area contributed by atoms with Crippen molar-refractivity contribution in [2.24, 2.45) is 4.99 Å². The average molecular weight is 438 g/mol. The SMILES string of the molecule is CCNC(=NCCNC(=O)c1ccc(C(F)(F)F)cc1)Nc1ccc(OC)c(OC)c1. The Morgan fingerprint density at radius 2 is 1.68 bits per heavy atom. The van der Waals surface area contributed by atoms with Crippen LogP contribution >= 0.6 is 0 Å². The molecule has 10 heteroatoms. The van der Waals surface area contributed by atoms with Crippen molar-refractivity contribution in [3.8, 4) is 11.5 Å². The van der Waals surface area contributed by atoms with Crippen LogP contribution in [0.2, 0.25) is 0 Å². The third-order valence-electron chi connectivity index (χ3n) is 4.13. The summed E-state index contributed by atoms with van der Waals surface area (Å²) in [5.74, 6) is 1.19. The van der Waals surface area contributed by atoms with Crippen LogP contribution in [0.5, 0.6) is 11.5 Å². The number of carbonyl (C=O) groups excluding carboxylic acids is 1. The van der Waals surface area contributed by atoms with Crippen molar-refractivity contribution >= 4 is 17.6 Å². The highest BCUT2D eigenvalue weighted by molar-refractivity contribution is 5.95. The molecule has 0 bridgehead atoms. The zero-order valence-corrected chi connectivity index (χ0v) is 17.5. The summed E-state index contributed by atoms with van der Waals surface area (Å²) in [6.45, 7) is 3.01. The molecular formula is C21H25F3N4O3. The third-order valence-corrected chi connectivity index (χ3v) is 4.13. The monoisotopic (exact) mass is 438 g/mol. The first kappa shape index (κ1) is 23.8. The molecule has 0 aliphatic carbocycles. The fraction of sp³-hybridized carbons (Fsp3) is 0.333. The molecule has 2 rings (SSSR count). The number of nitrogens with one attached hydrogen (secondary N) is 3. The van der Waals surface area contributed by atoms with Crippen molar-refractivity contribution < 1.29 is 27.4 Å². The molecule has 0 saturated heterocycles. The smallest absolute Gasteiger partial charge is 0.416 e. The molecule has 31 heavy (non-hydrogen) atoms. The maximum Gasteiger partial charge on any atom is 0.416 e. The van der Waals surface area contributed by atoms with Gasteiger partial charge in [0, 0.05) is 30.4 Å². The molecule has 0 atom stereocenters. The Labute approximate surface area is 178 Å². The molecule has 0 unspecified atom stereocenters. The molecule has 0 aliphatic rings. The van der Waals surface area contributed by atoms with E-state index in [2.05, 4.69) is 20.9 Å². The van der Waals surface area contributed by atoms with E-state index in [0.29, 0.717) is 24.0 Å². The van der Waals surface area contributed by atoms with E-state index in [1.165, 1.54) is 0 Å².